The molecule has 32 heavy (non-hydrogen) atoms. The number of hydrogen-bond donors (Lipinski definition) is 5. The number of aliphatic carboxylic acids is 1. The van der Waals surface area contributed by atoms with E-state index in [-0.39, 0.29) is 18.1 Å². The first kappa shape index (κ1) is 24.9. The first-order valence-electron chi connectivity index (χ1n) is 10.6. The van der Waals surface area contributed by atoms with E-state index in [2.05, 4.69) is 10.6 Å². The fourth-order valence-corrected chi connectivity index (χ4v) is 3.25. The predicted molar refractivity (Wildman–Crippen MR) is 121 cm³/mol. The van der Waals surface area contributed by atoms with Gasteiger partial charge in [-0.25, -0.2) is 4.79 Å². The van der Waals surface area contributed by atoms with Crippen molar-refractivity contribution in [2.75, 3.05) is 0 Å². The van der Waals surface area contributed by atoms with Gasteiger partial charge in [0.1, 0.15) is 17.8 Å². The van der Waals surface area contributed by atoms with Gasteiger partial charge >= 0.3 is 5.97 Å². The number of aromatic hydroxyl groups is 1. The van der Waals surface area contributed by atoms with Crippen LogP contribution in [0, 0.1) is 5.92 Å². The highest BCUT2D eigenvalue weighted by Gasteiger charge is 2.30. The minimum Gasteiger partial charge on any atom is -0.508 e. The smallest absolute Gasteiger partial charge is 0.326 e. The van der Waals surface area contributed by atoms with Gasteiger partial charge in [-0.15, -0.1) is 0 Å². The molecule has 0 radical (unpaired) electrons. The van der Waals surface area contributed by atoms with E-state index in [1.54, 1.807) is 19.1 Å². The summed E-state index contributed by atoms with van der Waals surface area (Å²) in [5.74, 6) is -2.47. The first-order chi connectivity index (χ1) is 15.2. The molecule has 0 aliphatic rings. The zero-order valence-corrected chi connectivity index (χ0v) is 18.3. The summed E-state index contributed by atoms with van der Waals surface area (Å²) >= 11 is 0. The standard InChI is InChI=1S/C24H31N3O5/c1-3-15(2)21(24(31)32)27-23(30)20(14-17-9-11-18(28)12-10-17)26-22(29)19(25)13-16-7-5-4-6-8-16/h4-12,15,19-21,28H,3,13-14,25H2,1-2H3,(H,26,29)(H,27,30)(H,31,32)/t15-,19-,20-,21-/m0/s1. The summed E-state index contributed by atoms with van der Waals surface area (Å²) in [6.07, 6.45) is 0.974. The summed E-state index contributed by atoms with van der Waals surface area (Å²) in [4.78, 5) is 37.4. The molecule has 0 aliphatic heterocycles. The lowest BCUT2D eigenvalue weighted by molar-refractivity contribution is -0.143. The number of carboxylic acid groups (broad SMARTS) is 1. The molecule has 0 saturated carbocycles. The third-order valence-corrected chi connectivity index (χ3v) is 5.42. The molecule has 4 atom stereocenters. The van der Waals surface area contributed by atoms with Crippen LogP contribution in [0.2, 0.25) is 0 Å². The van der Waals surface area contributed by atoms with Crippen LogP contribution in [0.4, 0.5) is 0 Å². The summed E-state index contributed by atoms with van der Waals surface area (Å²) in [6, 6.07) is 12.5. The van der Waals surface area contributed by atoms with Crippen LogP contribution < -0.4 is 16.4 Å². The monoisotopic (exact) mass is 441 g/mol. The lowest BCUT2D eigenvalue weighted by atomic mass is 9.98. The highest BCUT2D eigenvalue weighted by Crippen LogP contribution is 2.13. The lowest BCUT2D eigenvalue weighted by Gasteiger charge is -2.25. The fourth-order valence-electron chi connectivity index (χ4n) is 3.25. The van der Waals surface area contributed by atoms with Crippen molar-refractivity contribution in [3.8, 4) is 5.75 Å². The quantitative estimate of drug-likeness (QED) is 0.359. The number of nitrogens with one attached hydrogen (secondary N) is 2. The molecule has 0 bridgehead atoms. The second-order valence-corrected chi connectivity index (χ2v) is 7.94. The van der Waals surface area contributed by atoms with Gasteiger partial charge in [0.15, 0.2) is 0 Å². The molecule has 0 unspecified atom stereocenters. The molecule has 0 saturated heterocycles. The number of benzene rings is 2. The number of rotatable bonds is 11. The van der Waals surface area contributed by atoms with Crippen LogP contribution in [0.5, 0.6) is 5.75 Å². The van der Waals surface area contributed by atoms with Crippen molar-refractivity contribution in [3.63, 3.8) is 0 Å². The van der Waals surface area contributed by atoms with Gasteiger partial charge < -0.3 is 26.6 Å². The maximum Gasteiger partial charge on any atom is 0.326 e. The molecule has 8 nitrogen and oxygen atoms in total. The molecule has 0 spiro atoms. The van der Waals surface area contributed by atoms with Gasteiger partial charge in [-0.1, -0.05) is 62.7 Å². The fraction of sp³-hybridized carbons (Fsp3) is 0.375. The van der Waals surface area contributed by atoms with Crippen LogP contribution >= 0.6 is 0 Å². The molecule has 8 heteroatoms. The Morgan fingerprint density at radius 2 is 1.50 bits per heavy atom. The molecule has 6 N–H and O–H groups in total. The van der Waals surface area contributed by atoms with Crippen molar-refractivity contribution < 1.29 is 24.6 Å². The maximum atomic E-state index is 13.0. The molecule has 2 aromatic rings. The first-order valence-corrected chi connectivity index (χ1v) is 10.6. The number of phenolic OH excluding ortho intramolecular Hbond substituents is 1. The molecule has 2 aromatic carbocycles. The SMILES string of the molecule is CC[C@H](C)[C@H](NC(=O)[C@H](Cc1ccc(O)cc1)NC(=O)[C@@H](N)Cc1ccccc1)C(=O)O. The van der Waals surface area contributed by atoms with Crippen molar-refractivity contribution in [2.45, 2.75) is 51.2 Å². The molecule has 172 valence electrons. The van der Waals surface area contributed by atoms with Gasteiger partial charge in [0.25, 0.3) is 0 Å². The Bertz CT molecular complexity index is 902. The van der Waals surface area contributed by atoms with Crippen LogP contribution in [0.15, 0.2) is 54.6 Å². The van der Waals surface area contributed by atoms with Gasteiger partial charge in [0.2, 0.25) is 11.8 Å². The topological polar surface area (TPSA) is 142 Å². The zero-order chi connectivity index (χ0) is 23.7. The second-order valence-electron chi connectivity index (χ2n) is 7.94. The van der Waals surface area contributed by atoms with E-state index in [1.165, 1.54) is 12.1 Å². The van der Waals surface area contributed by atoms with Crippen molar-refractivity contribution in [1.82, 2.24) is 10.6 Å². The molecular weight excluding hydrogens is 410 g/mol. The zero-order valence-electron chi connectivity index (χ0n) is 18.3. The van der Waals surface area contributed by atoms with Crippen LogP contribution in [0.25, 0.3) is 0 Å². The van der Waals surface area contributed by atoms with Gasteiger partial charge in [0, 0.05) is 6.42 Å². The Morgan fingerprint density at radius 1 is 0.906 bits per heavy atom. The van der Waals surface area contributed by atoms with Crippen LogP contribution in [0.1, 0.15) is 31.4 Å². The van der Waals surface area contributed by atoms with E-state index >= 15 is 0 Å². The number of carbonyl (C=O) groups is 3. The van der Waals surface area contributed by atoms with Gasteiger partial charge in [-0.2, -0.15) is 0 Å². The minimum atomic E-state index is -1.14. The third-order valence-electron chi connectivity index (χ3n) is 5.42. The summed E-state index contributed by atoms with van der Waals surface area (Å²) in [5, 5.41) is 24.2. The van der Waals surface area contributed by atoms with E-state index in [4.69, 9.17) is 5.73 Å². The summed E-state index contributed by atoms with van der Waals surface area (Å²) < 4.78 is 0. The van der Waals surface area contributed by atoms with Gasteiger partial charge in [-0.05, 0) is 35.6 Å². The average molecular weight is 442 g/mol. The maximum absolute atomic E-state index is 13.0. The Hall–Kier alpha value is -3.39. The number of carboxylic acids is 1. The van der Waals surface area contributed by atoms with E-state index in [1.807, 2.05) is 37.3 Å². The third kappa shape index (κ3) is 7.39. The Labute approximate surface area is 187 Å². The Morgan fingerprint density at radius 3 is 2.06 bits per heavy atom. The highest BCUT2D eigenvalue weighted by molar-refractivity contribution is 5.92. The average Bonchev–Trinajstić information content (AvgIpc) is 2.78. The Balaban J connectivity index is 2.17. The normalized spacial score (nSPS) is 14.6. The number of amides is 2. The molecule has 2 amide bonds. The highest BCUT2D eigenvalue weighted by atomic mass is 16.4. The largest absolute Gasteiger partial charge is 0.508 e. The molecule has 0 heterocycles. The predicted octanol–water partition coefficient (Wildman–Crippen LogP) is 1.61. The molecule has 0 fully saturated rings. The second kappa shape index (κ2) is 11.9. The number of phenols is 1. The number of carbonyl (C=O) groups excluding carboxylic acids is 2. The number of nitrogens with two attached hydrogens (primary N) is 1. The van der Waals surface area contributed by atoms with Crippen LogP contribution in [-0.4, -0.2) is 46.1 Å². The molecular formula is C24H31N3O5. The molecule has 2 rings (SSSR count). The molecule has 0 aliphatic carbocycles. The van der Waals surface area contributed by atoms with E-state index in [9.17, 15) is 24.6 Å². The van der Waals surface area contributed by atoms with Crippen molar-refractivity contribution in [2.24, 2.45) is 11.7 Å². The van der Waals surface area contributed by atoms with Gasteiger partial charge in [0.05, 0.1) is 6.04 Å². The van der Waals surface area contributed by atoms with E-state index in [0.717, 1.165) is 5.56 Å². The minimum absolute atomic E-state index is 0.0754. The molecule has 0 aromatic heterocycles. The van der Waals surface area contributed by atoms with Crippen molar-refractivity contribution >= 4 is 17.8 Å². The van der Waals surface area contributed by atoms with Crippen molar-refractivity contribution in [3.05, 3.63) is 65.7 Å². The van der Waals surface area contributed by atoms with Crippen LogP contribution in [-0.2, 0) is 27.2 Å². The van der Waals surface area contributed by atoms with Gasteiger partial charge in [-0.3, -0.25) is 9.59 Å². The summed E-state index contributed by atoms with van der Waals surface area (Å²) in [6.45, 7) is 3.58. The van der Waals surface area contributed by atoms with Crippen LogP contribution in [0.3, 0.4) is 0 Å². The number of hydrogen-bond acceptors (Lipinski definition) is 5. The van der Waals surface area contributed by atoms with E-state index < -0.39 is 35.9 Å². The Kier molecular flexibility index (Phi) is 9.22. The summed E-state index contributed by atoms with van der Waals surface area (Å²) in [7, 11) is 0. The summed E-state index contributed by atoms with van der Waals surface area (Å²) in [5.41, 5.74) is 7.64. The van der Waals surface area contributed by atoms with E-state index in [0.29, 0.717) is 18.4 Å². The lowest BCUT2D eigenvalue weighted by Crippen LogP contribution is -2.56. The van der Waals surface area contributed by atoms with Crippen molar-refractivity contribution in [1.29, 1.82) is 0 Å².